The number of nitrogens with zero attached hydrogens (tertiary/aromatic N) is 3. The number of likely N-dealkylation sites (N-methyl/N-ethyl adjacent to an activating group) is 1. The molecule has 0 aliphatic carbocycles. The first-order valence-electron chi connectivity index (χ1n) is 7.96. The molecule has 0 saturated carbocycles. The van der Waals surface area contributed by atoms with Crippen LogP contribution in [0.1, 0.15) is 22.0 Å². The molecule has 6 nitrogen and oxygen atoms in total. The summed E-state index contributed by atoms with van der Waals surface area (Å²) in [7, 11) is 2.02. The molecule has 1 unspecified atom stereocenters. The zero-order valence-corrected chi connectivity index (χ0v) is 14.5. The molecule has 3 rings (SSSR count). The van der Waals surface area contributed by atoms with Gasteiger partial charge < -0.3 is 9.80 Å². The minimum Gasteiger partial charge on any atom is -0.329 e. The van der Waals surface area contributed by atoms with Gasteiger partial charge in [0, 0.05) is 31.8 Å². The van der Waals surface area contributed by atoms with E-state index in [2.05, 4.69) is 4.90 Å². The topological polar surface area (TPSA) is 66.7 Å². The summed E-state index contributed by atoms with van der Waals surface area (Å²) in [5, 5.41) is 11.0. The van der Waals surface area contributed by atoms with Crippen LogP contribution < -0.4 is 0 Å². The Kier molecular flexibility index (Phi) is 5.01. The van der Waals surface area contributed by atoms with Crippen LogP contribution >= 0.6 is 11.6 Å². The molecule has 0 radical (unpaired) electrons. The Bertz CT molecular complexity index is 797. The lowest BCUT2D eigenvalue weighted by atomic mass is 10.0. The van der Waals surface area contributed by atoms with E-state index in [1.807, 2.05) is 37.4 Å². The van der Waals surface area contributed by atoms with Gasteiger partial charge in [0.05, 0.1) is 21.6 Å². The van der Waals surface area contributed by atoms with E-state index in [-0.39, 0.29) is 28.2 Å². The molecular formula is C18H18ClN3O3. The number of piperazine rings is 1. The molecule has 1 aliphatic heterocycles. The first kappa shape index (κ1) is 17.4. The second-order valence-corrected chi connectivity index (χ2v) is 6.52. The number of hydrogen-bond donors (Lipinski definition) is 0. The average molecular weight is 360 g/mol. The van der Waals surface area contributed by atoms with Crippen molar-refractivity contribution in [3.8, 4) is 0 Å². The Morgan fingerprint density at radius 3 is 2.56 bits per heavy atom. The maximum Gasteiger partial charge on any atom is 0.270 e. The van der Waals surface area contributed by atoms with E-state index < -0.39 is 4.92 Å². The fraction of sp³-hybridized carbons (Fsp3) is 0.278. The van der Waals surface area contributed by atoms with Crippen molar-refractivity contribution >= 4 is 23.2 Å². The average Bonchev–Trinajstić information content (AvgIpc) is 2.61. The number of halogens is 1. The van der Waals surface area contributed by atoms with E-state index in [9.17, 15) is 14.9 Å². The molecule has 130 valence electrons. The van der Waals surface area contributed by atoms with Gasteiger partial charge in [0.2, 0.25) is 0 Å². The van der Waals surface area contributed by atoms with E-state index in [1.165, 1.54) is 18.2 Å². The van der Waals surface area contributed by atoms with Crippen LogP contribution in [0.2, 0.25) is 5.02 Å². The molecule has 2 aromatic carbocycles. The van der Waals surface area contributed by atoms with Crippen LogP contribution in [0.4, 0.5) is 5.69 Å². The van der Waals surface area contributed by atoms with Crippen LogP contribution in [0.3, 0.4) is 0 Å². The van der Waals surface area contributed by atoms with Gasteiger partial charge in [0.15, 0.2) is 0 Å². The molecule has 2 aromatic rings. The molecule has 1 saturated heterocycles. The highest BCUT2D eigenvalue weighted by Gasteiger charge is 2.31. The van der Waals surface area contributed by atoms with Gasteiger partial charge in [-0.2, -0.15) is 0 Å². The summed E-state index contributed by atoms with van der Waals surface area (Å²) in [6.45, 7) is 2.06. The number of nitro groups is 1. The summed E-state index contributed by atoms with van der Waals surface area (Å²) in [6.07, 6.45) is 0. The third kappa shape index (κ3) is 3.65. The van der Waals surface area contributed by atoms with E-state index in [4.69, 9.17) is 11.6 Å². The van der Waals surface area contributed by atoms with Gasteiger partial charge in [-0.15, -0.1) is 0 Å². The molecule has 1 amide bonds. The second kappa shape index (κ2) is 7.21. The number of carbonyl (C=O) groups is 1. The summed E-state index contributed by atoms with van der Waals surface area (Å²) in [6, 6.07) is 13.7. The highest BCUT2D eigenvalue weighted by atomic mass is 35.5. The van der Waals surface area contributed by atoms with Crippen molar-refractivity contribution in [1.29, 1.82) is 0 Å². The molecule has 1 aliphatic rings. The van der Waals surface area contributed by atoms with Gasteiger partial charge in [-0.3, -0.25) is 14.9 Å². The number of benzene rings is 2. The van der Waals surface area contributed by atoms with Crippen molar-refractivity contribution in [2.75, 3.05) is 26.7 Å². The molecule has 1 fully saturated rings. The number of rotatable bonds is 3. The van der Waals surface area contributed by atoms with Gasteiger partial charge in [-0.1, -0.05) is 41.9 Å². The lowest BCUT2D eigenvalue weighted by molar-refractivity contribution is -0.384. The molecule has 1 atom stereocenters. The van der Waals surface area contributed by atoms with Gasteiger partial charge in [-0.25, -0.2) is 0 Å². The van der Waals surface area contributed by atoms with Gasteiger partial charge in [0.25, 0.3) is 11.6 Å². The van der Waals surface area contributed by atoms with Crippen LogP contribution in [-0.2, 0) is 0 Å². The number of amides is 1. The standard InChI is InChI=1S/C18H18ClN3O3/c1-20-9-10-21(17(12-20)13-5-3-2-4-6-13)18(23)15-8-7-14(22(24)25)11-16(15)19/h2-8,11,17H,9-10,12H2,1H3. The number of non-ortho nitro benzene ring substituents is 1. The summed E-state index contributed by atoms with van der Waals surface area (Å²) in [4.78, 5) is 27.3. The van der Waals surface area contributed by atoms with Crippen molar-refractivity contribution in [2.24, 2.45) is 0 Å². The first-order chi connectivity index (χ1) is 12.0. The smallest absolute Gasteiger partial charge is 0.270 e. The maximum atomic E-state index is 13.0. The lowest BCUT2D eigenvalue weighted by Gasteiger charge is -2.40. The maximum absolute atomic E-state index is 13.0. The van der Waals surface area contributed by atoms with Crippen LogP contribution in [0.5, 0.6) is 0 Å². The quantitative estimate of drug-likeness (QED) is 0.622. The minimum atomic E-state index is -0.525. The highest BCUT2D eigenvalue weighted by Crippen LogP contribution is 2.30. The Morgan fingerprint density at radius 2 is 1.92 bits per heavy atom. The second-order valence-electron chi connectivity index (χ2n) is 6.11. The summed E-state index contributed by atoms with van der Waals surface area (Å²) in [5.41, 5.74) is 1.22. The molecule has 1 heterocycles. The third-order valence-corrected chi connectivity index (χ3v) is 4.74. The monoisotopic (exact) mass is 359 g/mol. The molecular weight excluding hydrogens is 342 g/mol. The Morgan fingerprint density at radius 1 is 1.20 bits per heavy atom. The normalized spacial score (nSPS) is 18.2. The summed E-state index contributed by atoms with van der Waals surface area (Å²) in [5.74, 6) is -0.207. The fourth-order valence-electron chi connectivity index (χ4n) is 3.07. The van der Waals surface area contributed by atoms with Crippen LogP contribution in [0.15, 0.2) is 48.5 Å². The molecule has 0 bridgehead atoms. The van der Waals surface area contributed by atoms with Gasteiger partial charge in [-0.05, 0) is 18.7 Å². The van der Waals surface area contributed by atoms with E-state index in [0.29, 0.717) is 6.54 Å². The van der Waals surface area contributed by atoms with E-state index >= 15 is 0 Å². The summed E-state index contributed by atoms with van der Waals surface area (Å²) < 4.78 is 0. The predicted molar refractivity (Wildman–Crippen MR) is 95.8 cm³/mol. The fourth-order valence-corrected chi connectivity index (χ4v) is 3.32. The van der Waals surface area contributed by atoms with Crippen molar-refractivity contribution in [3.63, 3.8) is 0 Å². The zero-order chi connectivity index (χ0) is 18.0. The Balaban J connectivity index is 1.93. The SMILES string of the molecule is CN1CCN(C(=O)c2ccc([N+](=O)[O-])cc2Cl)C(c2ccccc2)C1. The number of hydrogen-bond acceptors (Lipinski definition) is 4. The van der Waals surface area contributed by atoms with E-state index in [1.54, 1.807) is 4.90 Å². The summed E-state index contributed by atoms with van der Waals surface area (Å²) >= 11 is 6.15. The van der Waals surface area contributed by atoms with Gasteiger partial charge in [0.1, 0.15) is 0 Å². The van der Waals surface area contributed by atoms with Crippen LogP contribution in [0, 0.1) is 10.1 Å². The van der Waals surface area contributed by atoms with Crippen molar-refractivity contribution in [3.05, 3.63) is 74.8 Å². The lowest BCUT2D eigenvalue weighted by Crippen LogP contribution is -2.49. The molecule has 0 N–H and O–H groups in total. The Labute approximate surface area is 150 Å². The highest BCUT2D eigenvalue weighted by molar-refractivity contribution is 6.34. The third-order valence-electron chi connectivity index (χ3n) is 4.42. The van der Waals surface area contributed by atoms with Crippen LogP contribution in [0.25, 0.3) is 0 Å². The zero-order valence-electron chi connectivity index (χ0n) is 13.8. The largest absolute Gasteiger partial charge is 0.329 e. The molecule has 0 aromatic heterocycles. The minimum absolute atomic E-state index is 0.0845. The van der Waals surface area contributed by atoms with Crippen molar-refractivity contribution in [2.45, 2.75) is 6.04 Å². The van der Waals surface area contributed by atoms with Gasteiger partial charge >= 0.3 is 0 Å². The molecule has 7 heteroatoms. The van der Waals surface area contributed by atoms with E-state index in [0.717, 1.165) is 18.7 Å². The first-order valence-corrected chi connectivity index (χ1v) is 8.33. The van der Waals surface area contributed by atoms with Crippen molar-refractivity contribution in [1.82, 2.24) is 9.80 Å². The van der Waals surface area contributed by atoms with Crippen molar-refractivity contribution < 1.29 is 9.72 Å². The Hall–Kier alpha value is -2.44. The molecule has 25 heavy (non-hydrogen) atoms. The predicted octanol–water partition coefficient (Wildman–Crippen LogP) is 3.38. The van der Waals surface area contributed by atoms with Crippen LogP contribution in [-0.4, -0.2) is 47.3 Å². The molecule has 0 spiro atoms. The number of nitro benzene ring substituents is 1. The number of carbonyl (C=O) groups excluding carboxylic acids is 1.